The van der Waals surface area contributed by atoms with Crippen molar-refractivity contribution in [2.24, 2.45) is 0 Å². The highest BCUT2D eigenvalue weighted by atomic mass is 16.6. The summed E-state index contributed by atoms with van der Waals surface area (Å²) in [5, 5.41) is 0. The van der Waals surface area contributed by atoms with Gasteiger partial charge in [-0.25, -0.2) is 0 Å². The van der Waals surface area contributed by atoms with E-state index >= 15 is 0 Å². The molecule has 386 valence electrons. The van der Waals surface area contributed by atoms with Crippen molar-refractivity contribution in [3.8, 4) is 0 Å². The van der Waals surface area contributed by atoms with Crippen LogP contribution < -0.4 is 0 Å². The maximum absolute atomic E-state index is 12.8. The summed E-state index contributed by atoms with van der Waals surface area (Å²) in [6, 6.07) is 0. The molecule has 0 aromatic rings. The van der Waals surface area contributed by atoms with Crippen LogP contribution in [0.15, 0.2) is 48.6 Å². The zero-order valence-electron chi connectivity index (χ0n) is 44.5. The molecule has 0 bridgehead atoms. The number of carbonyl (C=O) groups excluding carboxylic acids is 2. The van der Waals surface area contributed by atoms with Gasteiger partial charge >= 0.3 is 11.9 Å². The van der Waals surface area contributed by atoms with Crippen LogP contribution in [0, 0.1) is 0 Å². The fourth-order valence-corrected chi connectivity index (χ4v) is 8.52. The van der Waals surface area contributed by atoms with E-state index in [4.69, 9.17) is 14.2 Å². The lowest BCUT2D eigenvalue weighted by Crippen LogP contribution is -2.30. The molecule has 0 fully saturated rings. The highest BCUT2D eigenvalue weighted by molar-refractivity contribution is 5.70. The number of esters is 2. The molecule has 0 saturated carbocycles. The molecule has 5 heteroatoms. The van der Waals surface area contributed by atoms with Gasteiger partial charge < -0.3 is 14.2 Å². The predicted octanol–water partition coefficient (Wildman–Crippen LogP) is 19.9. The first-order chi connectivity index (χ1) is 32.6. The number of hydrogen-bond donors (Lipinski definition) is 0. The third kappa shape index (κ3) is 54.5. The maximum atomic E-state index is 12.8. The van der Waals surface area contributed by atoms with Gasteiger partial charge in [0.1, 0.15) is 6.61 Å². The van der Waals surface area contributed by atoms with Crippen LogP contribution in [-0.4, -0.2) is 37.9 Å². The normalized spacial score (nSPS) is 12.5. The molecular weight excluding hydrogens is 813 g/mol. The average Bonchev–Trinajstić information content (AvgIpc) is 3.32. The second-order valence-corrected chi connectivity index (χ2v) is 19.5. The Morgan fingerprint density at radius 3 is 1.11 bits per heavy atom. The molecule has 0 rings (SSSR count). The lowest BCUT2D eigenvalue weighted by molar-refractivity contribution is -0.163. The Morgan fingerprint density at radius 1 is 0.348 bits per heavy atom. The van der Waals surface area contributed by atoms with Gasteiger partial charge in [-0.1, -0.05) is 262 Å². The summed E-state index contributed by atoms with van der Waals surface area (Å²) in [6.45, 7) is 7.75. The molecule has 0 aliphatic heterocycles. The van der Waals surface area contributed by atoms with Gasteiger partial charge in [0.25, 0.3) is 0 Å². The smallest absolute Gasteiger partial charge is 0.306 e. The molecule has 66 heavy (non-hydrogen) atoms. The Morgan fingerprint density at radius 2 is 0.682 bits per heavy atom. The molecule has 0 amide bonds. The van der Waals surface area contributed by atoms with Crippen LogP contribution in [0.1, 0.15) is 303 Å². The molecule has 0 aliphatic carbocycles. The molecule has 0 N–H and O–H groups in total. The van der Waals surface area contributed by atoms with E-state index in [-0.39, 0.29) is 25.2 Å². The molecule has 0 saturated heterocycles. The van der Waals surface area contributed by atoms with E-state index in [1.165, 1.54) is 199 Å². The molecule has 0 heterocycles. The summed E-state index contributed by atoms with van der Waals surface area (Å²) in [7, 11) is 0. The molecule has 0 aromatic heterocycles. The lowest BCUT2D eigenvalue weighted by Gasteiger charge is -2.18. The molecule has 5 nitrogen and oxygen atoms in total. The van der Waals surface area contributed by atoms with E-state index in [1.54, 1.807) is 0 Å². The van der Waals surface area contributed by atoms with E-state index in [9.17, 15) is 9.59 Å². The van der Waals surface area contributed by atoms with Crippen LogP contribution in [0.3, 0.4) is 0 Å². The topological polar surface area (TPSA) is 61.8 Å². The number of hydrogen-bond acceptors (Lipinski definition) is 5. The molecule has 0 aliphatic rings. The van der Waals surface area contributed by atoms with Crippen molar-refractivity contribution in [2.45, 2.75) is 309 Å². The van der Waals surface area contributed by atoms with Gasteiger partial charge in [-0.15, -0.1) is 0 Å². The molecular formula is C61H112O5. The molecule has 1 unspecified atom stereocenters. The maximum Gasteiger partial charge on any atom is 0.306 e. The highest BCUT2D eigenvalue weighted by Gasteiger charge is 2.17. The SMILES string of the molecule is CC/C=C\C/C=C\C/C=C\CCCCCCCCCC(=O)OCC(COCCCCCCCCCCCC/C=C\CCCCCCCC)OC(=O)CCCCCCCCCCCCCCC. The Balaban J connectivity index is 4.22. The van der Waals surface area contributed by atoms with Crippen LogP contribution in [0.5, 0.6) is 0 Å². The van der Waals surface area contributed by atoms with Crippen molar-refractivity contribution in [3.63, 3.8) is 0 Å². The van der Waals surface area contributed by atoms with Crippen LogP contribution in [0.25, 0.3) is 0 Å². The van der Waals surface area contributed by atoms with E-state index in [2.05, 4.69) is 69.4 Å². The second kappa shape index (κ2) is 57.2. The Bertz CT molecular complexity index is 1090. The summed E-state index contributed by atoms with van der Waals surface area (Å²) in [5.74, 6) is -0.393. The van der Waals surface area contributed by atoms with E-state index in [0.717, 1.165) is 70.6 Å². The first-order valence-corrected chi connectivity index (χ1v) is 29.2. The van der Waals surface area contributed by atoms with E-state index in [1.807, 2.05) is 0 Å². The molecule has 1 atom stereocenters. The minimum absolute atomic E-state index is 0.0835. The summed E-state index contributed by atoms with van der Waals surface area (Å²) in [6.07, 6.45) is 71.3. The molecule has 0 spiro atoms. The van der Waals surface area contributed by atoms with Crippen LogP contribution >= 0.6 is 0 Å². The standard InChI is InChI=1S/C61H112O5/c1-4-7-10-13-16-19-22-25-27-29-30-31-33-35-38-41-44-47-50-53-56-64-57-59(66-61(63)55-52-49-46-43-40-36-24-21-18-15-12-9-6-3)58-65-60(62)54-51-48-45-42-39-37-34-32-28-26-23-20-17-14-11-8-5-2/h8,11,17,20,25-28,59H,4-7,9-10,12-16,18-19,21-24,29-58H2,1-3H3/b11-8-,20-17-,27-25-,28-26-. The number of allylic oxidation sites excluding steroid dienone is 8. The minimum atomic E-state index is -0.538. The average molecular weight is 926 g/mol. The minimum Gasteiger partial charge on any atom is -0.462 e. The fraction of sp³-hybridized carbons (Fsp3) is 0.836. The van der Waals surface area contributed by atoms with Crippen molar-refractivity contribution in [1.82, 2.24) is 0 Å². The van der Waals surface area contributed by atoms with Crippen molar-refractivity contribution >= 4 is 11.9 Å². The number of carbonyl (C=O) groups is 2. The Labute approximate surface area is 412 Å². The summed E-state index contributed by atoms with van der Waals surface area (Å²) < 4.78 is 17.5. The Kier molecular flexibility index (Phi) is 55.3. The van der Waals surface area contributed by atoms with Crippen LogP contribution in [0.2, 0.25) is 0 Å². The van der Waals surface area contributed by atoms with Gasteiger partial charge in [0.15, 0.2) is 6.10 Å². The summed E-state index contributed by atoms with van der Waals surface area (Å²) >= 11 is 0. The van der Waals surface area contributed by atoms with Gasteiger partial charge in [0.05, 0.1) is 6.61 Å². The van der Waals surface area contributed by atoms with Crippen LogP contribution in [0.4, 0.5) is 0 Å². The van der Waals surface area contributed by atoms with Gasteiger partial charge in [-0.3, -0.25) is 9.59 Å². The summed E-state index contributed by atoms with van der Waals surface area (Å²) in [4.78, 5) is 25.5. The molecule has 0 radical (unpaired) electrons. The first kappa shape index (κ1) is 63.9. The first-order valence-electron chi connectivity index (χ1n) is 29.2. The van der Waals surface area contributed by atoms with Crippen molar-refractivity contribution in [3.05, 3.63) is 48.6 Å². The zero-order valence-corrected chi connectivity index (χ0v) is 44.5. The summed E-state index contributed by atoms with van der Waals surface area (Å²) in [5.41, 5.74) is 0. The van der Waals surface area contributed by atoms with Crippen molar-refractivity contribution in [2.75, 3.05) is 19.8 Å². The largest absolute Gasteiger partial charge is 0.462 e. The quantitative estimate of drug-likeness (QED) is 0.0345. The second-order valence-electron chi connectivity index (χ2n) is 19.5. The number of ether oxygens (including phenoxy) is 3. The Hall–Kier alpha value is -2.14. The number of rotatable bonds is 54. The van der Waals surface area contributed by atoms with Gasteiger partial charge in [0.2, 0.25) is 0 Å². The highest BCUT2D eigenvalue weighted by Crippen LogP contribution is 2.16. The molecule has 0 aromatic carbocycles. The van der Waals surface area contributed by atoms with E-state index in [0.29, 0.717) is 19.4 Å². The van der Waals surface area contributed by atoms with Gasteiger partial charge in [0, 0.05) is 19.4 Å². The van der Waals surface area contributed by atoms with Gasteiger partial charge in [-0.05, 0) is 77.0 Å². The fourth-order valence-electron chi connectivity index (χ4n) is 8.52. The van der Waals surface area contributed by atoms with Crippen molar-refractivity contribution in [1.29, 1.82) is 0 Å². The predicted molar refractivity (Wildman–Crippen MR) is 288 cm³/mol. The van der Waals surface area contributed by atoms with Gasteiger partial charge in [-0.2, -0.15) is 0 Å². The monoisotopic (exact) mass is 925 g/mol. The lowest BCUT2D eigenvalue weighted by atomic mass is 10.0. The zero-order chi connectivity index (χ0) is 47.7. The third-order valence-electron chi connectivity index (χ3n) is 12.8. The number of unbranched alkanes of at least 4 members (excludes halogenated alkanes) is 35. The third-order valence-corrected chi connectivity index (χ3v) is 12.8. The van der Waals surface area contributed by atoms with Crippen LogP contribution in [-0.2, 0) is 23.8 Å². The van der Waals surface area contributed by atoms with E-state index < -0.39 is 6.10 Å². The van der Waals surface area contributed by atoms with Crippen molar-refractivity contribution < 1.29 is 23.8 Å².